The average molecular weight is 310 g/mol. The first kappa shape index (κ1) is 14.1. The lowest BCUT2D eigenvalue weighted by atomic mass is 10.2. The zero-order valence-electron chi connectivity index (χ0n) is 12.8. The molecule has 0 N–H and O–H groups in total. The maximum absolute atomic E-state index is 5.78. The fraction of sp³-hybridized carbons (Fsp3) is 0.353. The largest absolute Gasteiger partial charge is 0.467 e. The van der Waals surface area contributed by atoms with Gasteiger partial charge in [-0.2, -0.15) is 0 Å². The molecule has 3 aromatic rings. The highest BCUT2D eigenvalue weighted by molar-refractivity contribution is 5.71. The van der Waals surface area contributed by atoms with Gasteiger partial charge in [-0.25, -0.2) is 9.97 Å². The molecule has 0 aromatic carbocycles. The first-order valence-corrected chi connectivity index (χ1v) is 7.85. The lowest BCUT2D eigenvalue weighted by Gasteiger charge is -2.25. The number of pyridine rings is 1. The minimum atomic E-state index is 0.240. The minimum Gasteiger partial charge on any atom is -0.467 e. The standard InChI is InChI=1S/C17H18N4O2/c1-3-13(22-9-1)11-21(12-14-4-2-10-23-14)16-6-5-15-17(20-16)19-8-7-18-15/h1,3,5-9,14H,2,4,10-12H2/t14-/m0/s1. The Kier molecular flexibility index (Phi) is 3.90. The van der Waals surface area contributed by atoms with E-state index in [9.17, 15) is 0 Å². The molecule has 1 saturated heterocycles. The van der Waals surface area contributed by atoms with E-state index < -0.39 is 0 Å². The molecule has 1 aliphatic heterocycles. The zero-order chi connectivity index (χ0) is 15.5. The highest BCUT2D eigenvalue weighted by Crippen LogP contribution is 2.21. The molecule has 1 aliphatic rings. The summed E-state index contributed by atoms with van der Waals surface area (Å²) in [6, 6.07) is 7.81. The summed E-state index contributed by atoms with van der Waals surface area (Å²) in [4.78, 5) is 15.4. The van der Waals surface area contributed by atoms with Gasteiger partial charge in [0.15, 0.2) is 5.65 Å². The molecule has 0 amide bonds. The van der Waals surface area contributed by atoms with E-state index in [1.54, 1.807) is 18.7 Å². The Morgan fingerprint density at radius 3 is 2.96 bits per heavy atom. The number of hydrogen-bond acceptors (Lipinski definition) is 6. The van der Waals surface area contributed by atoms with E-state index in [1.165, 1.54) is 0 Å². The molecule has 0 unspecified atom stereocenters. The Morgan fingerprint density at radius 2 is 2.13 bits per heavy atom. The van der Waals surface area contributed by atoms with E-state index in [-0.39, 0.29) is 6.10 Å². The van der Waals surface area contributed by atoms with Crippen molar-refractivity contribution in [2.24, 2.45) is 0 Å². The van der Waals surface area contributed by atoms with Gasteiger partial charge in [0.05, 0.1) is 18.9 Å². The Labute approximate surface area is 134 Å². The van der Waals surface area contributed by atoms with Crippen LogP contribution in [-0.4, -0.2) is 34.2 Å². The van der Waals surface area contributed by atoms with Gasteiger partial charge in [-0.1, -0.05) is 0 Å². The lowest BCUT2D eigenvalue weighted by molar-refractivity contribution is 0.115. The van der Waals surface area contributed by atoms with E-state index in [0.717, 1.165) is 43.1 Å². The second-order valence-corrected chi connectivity index (χ2v) is 5.66. The third-order valence-electron chi connectivity index (χ3n) is 4.02. The Bertz CT molecular complexity index is 769. The molecule has 23 heavy (non-hydrogen) atoms. The predicted molar refractivity (Wildman–Crippen MR) is 86.1 cm³/mol. The summed E-state index contributed by atoms with van der Waals surface area (Å²) in [5.41, 5.74) is 1.45. The van der Waals surface area contributed by atoms with Crippen LogP contribution >= 0.6 is 0 Å². The smallest absolute Gasteiger partial charge is 0.180 e. The van der Waals surface area contributed by atoms with Gasteiger partial charge >= 0.3 is 0 Å². The van der Waals surface area contributed by atoms with E-state index >= 15 is 0 Å². The lowest BCUT2D eigenvalue weighted by Crippen LogP contribution is -2.32. The number of hydrogen-bond donors (Lipinski definition) is 0. The van der Waals surface area contributed by atoms with Crippen LogP contribution in [-0.2, 0) is 11.3 Å². The van der Waals surface area contributed by atoms with Crippen molar-refractivity contribution >= 4 is 17.0 Å². The third-order valence-corrected chi connectivity index (χ3v) is 4.02. The molecule has 6 nitrogen and oxygen atoms in total. The van der Waals surface area contributed by atoms with Crippen LogP contribution < -0.4 is 4.90 Å². The maximum Gasteiger partial charge on any atom is 0.180 e. The highest BCUT2D eigenvalue weighted by Gasteiger charge is 2.21. The Hall–Kier alpha value is -2.47. The normalized spacial score (nSPS) is 17.7. The number of rotatable bonds is 5. The molecular weight excluding hydrogens is 292 g/mol. The summed E-state index contributed by atoms with van der Waals surface area (Å²) in [6.45, 7) is 2.29. The fourth-order valence-corrected chi connectivity index (χ4v) is 2.88. The Morgan fingerprint density at radius 1 is 1.17 bits per heavy atom. The van der Waals surface area contributed by atoms with E-state index in [0.29, 0.717) is 12.2 Å². The van der Waals surface area contributed by atoms with Crippen molar-refractivity contribution in [1.29, 1.82) is 0 Å². The Balaban J connectivity index is 1.63. The molecule has 4 rings (SSSR count). The molecule has 4 heterocycles. The van der Waals surface area contributed by atoms with Gasteiger partial charge in [0.25, 0.3) is 0 Å². The van der Waals surface area contributed by atoms with Crippen LogP contribution in [0.3, 0.4) is 0 Å². The predicted octanol–water partition coefficient (Wildman–Crippen LogP) is 2.80. The van der Waals surface area contributed by atoms with Crippen molar-refractivity contribution in [3.8, 4) is 0 Å². The van der Waals surface area contributed by atoms with Crippen LogP contribution in [0.1, 0.15) is 18.6 Å². The fourth-order valence-electron chi connectivity index (χ4n) is 2.88. The first-order chi connectivity index (χ1) is 11.4. The molecule has 0 aliphatic carbocycles. The molecule has 0 spiro atoms. The van der Waals surface area contributed by atoms with Crippen LogP contribution in [0.5, 0.6) is 0 Å². The van der Waals surface area contributed by atoms with E-state index in [4.69, 9.17) is 9.15 Å². The van der Waals surface area contributed by atoms with Crippen LogP contribution in [0, 0.1) is 0 Å². The van der Waals surface area contributed by atoms with Crippen LogP contribution in [0.4, 0.5) is 5.82 Å². The number of nitrogens with zero attached hydrogens (tertiary/aromatic N) is 4. The second kappa shape index (κ2) is 6.34. The van der Waals surface area contributed by atoms with Gasteiger partial charge < -0.3 is 14.1 Å². The van der Waals surface area contributed by atoms with Crippen LogP contribution in [0.15, 0.2) is 47.3 Å². The van der Waals surface area contributed by atoms with Gasteiger partial charge in [0, 0.05) is 25.5 Å². The molecule has 6 heteroatoms. The topological polar surface area (TPSA) is 64.3 Å². The average Bonchev–Trinajstić information content (AvgIpc) is 3.28. The van der Waals surface area contributed by atoms with Crippen molar-refractivity contribution in [2.75, 3.05) is 18.1 Å². The summed E-state index contributed by atoms with van der Waals surface area (Å²) in [5, 5.41) is 0. The van der Waals surface area contributed by atoms with Crippen molar-refractivity contribution in [2.45, 2.75) is 25.5 Å². The number of anilines is 1. The van der Waals surface area contributed by atoms with Crippen molar-refractivity contribution < 1.29 is 9.15 Å². The molecule has 0 saturated carbocycles. The molecular formula is C17H18N4O2. The number of ether oxygens (including phenoxy) is 1. The van der Waals surface area contributed by atoms with E-state index in [1.807, 2.05) is 24.3 Å². The molecule has 1 atom stereocenters. The summed E-state index contributed by atoms with van der Waals surface area (Å²) in [6.07, 6.45) is 7.48. The summed E-state index contributed by atoms with van der Waals surface area (Å²) < 4.78 is 11.3. The van der Waals surface area contributed by atoms with Crippen LogP contribution in [0.2, 0.25) is 0 Å². The van der Waals surface area contributed by atoms with Crippen molar-refractivity contribution in [3.05, 3.63) is 48.7 Å². The van der Waals surface area contributed by atoms with Crippen molar-refractivity contribution in [1.82, 2.24) is 15.0 Å². The molecule has 0 radical (unpaired) electrons. The number of furan rings is 1. The van der Waals surface area contributed by atoms with Gasteiger partial charge in [-0.3, -0.25) is 4.98 Å². The zero-order valence-corrected chi connectivity index (χ0v) is 12.8. The maximum atomic E-state index is 5.78. The molecule has 3 aromatic heterocycles. The second-order valence-electron chi connectivity index (χ2n) is 5.66. The molecule has 0 bridgehead atoms. The van der Waals surface area contributed by atoms with Gasteiger partial charge in [-0.15, -0.1) is 0 Å². The summed E-state index contributed by atoms with van der Waals surface area (Å²) >= 11 is 0. The minimum absolute atomic E-state index is 0.240. The van der Waals surface area contributed by atoms with Crippen LogP contribution in [0.25, 0.3) is 11.2 Å². The van der Waals surface area contributed by atoms with Gasteiger partial charge in [0.2, 0.25) is 0 Å². The third kappa shape index (κ3) is 3.17. The molecule has 1 fully saturated rings. The monoisotopic (exact) mass is 310 g/mol. The highest BCUT2D eigenvalue weighted by atomic mass is 16.5. The number of fused-ring (bicyclic) bond motifs is 1. The number of aromatic nitrogens is 3. The summed E-state index contributed by atoms with van der Waals surface area (Å²) in [5.74, 6) is 1.77. The van der Waals surface area contributed by atoms with Gasteiger partial charge in [0.1, 0.15) is 17.1 Å². The first-order valence-electron chi connectivity index (χ1n) is 7.85. The quantitative estimate of drug-likeness (QED) is 0.722. The van der Waals surface area contributed by atoms with Crippen molar-refractivity contribution in [3.63, 3.8) is 0 Å². The van der Waals surface area contributed by atoms with E-state index in [2.05, 4.69) is 19.9 Å². The summed E-state index contributed by atoms with van der Waals surface area (Å²) in [7, 11) is 0. The SMILES string of the molecule is c1coc(CN(C[C@@H]2CCCO2)c2ccc3nccnc3n2)c1. The van der Waals surface area contributed by atoms with Gasteiger partial charge in [-0.05, 0) is 37.1 Å². The molecule has 118 valence electrons.